The molecular formula is C7H9N3O2. The smallest absolute Gasteiger partial charge is 0.410 e. The van der Waals surface area contributed by atoms with E-state index in [9.17, 15) is 4.79 Å². The van der Waals surface area contributed by atoms with Crippen LogP contribution in [-0.4, -0.2) is 16.2 Å². The van der Waals surface area contributed by atoms with Crippen LogP contribution in [0.1, 0.15) is 5.56 Å². The first-order valence-electron chi connectivity index (χ1n) is 3.37. The second-order valence-corrected chi connectivity index (χ2v) is 2.18. The van der Waals surface area contributed by atoms with E-state index in [1.54, 1.807) is 12.1 Å². The summed E-state index contributed by atoms with van der Waals surface area (Å²) >= 11 is 0. The van der Waals surface area contributed by atoms with E-state index in [0.717, 1.165) is 5.56 Å². The minimum Gasteiger partial charge on any atom is -0.465 e. The van der Waals surface area contributed by atoms with Gasteiger partial charge in [-0.2, -0.15) is 0 Å². The number of nitrogens with one attached hydrogen (secondary N) is 1. The van der Waals surface area contributed by atoms with Crippen molar-refractivity contribution in [3.63, 3.8) is 0 Å². The molecule has 5 heteroatoms. The molecule has 1 aromatic heterocycles. The molecule has 5 nitrogen and oxygen atoms in total. The van der Waals surface area contributed by atoms with Crippen LogP contribution in [-0.2, 0) is 6.54 Å². The molecular weight excluding hydrogens is 158 g/mol. The first kappa shape index (κ1) is 8.48. The van der Waals surface area contributed by atoms with Gasteiger partial charge in [-0.25, -0.2) is 9.78 Å². The molecule has 0 spiro atoms. The zero-order valence-corrected chi connectivity index (χ0v) is 6.32. The maximum Gasteiger partial charge on any atom is 0.410 e. The monoisotopic (exact) mass is 167 g/mol. The fourth-order valence-electron chi connectivity index (χ4n) is 0.779. The van der Waals surface area contributed by atoms with Gasteiger partial charge in [0.15, 0.2) is 0 Å². The maximum absolute atomic E-state index is 10.2. The van der Waals surface area contributed by atoms with Crippen molar-refractivity contribution in [3.8, 4) is 0 Å². The van der Waals surface area contributed by atoms with Crippen LogP contribution in [0.4, 0.5) is 10.6 Å². The molecule has 1 rings (SSSR count). The number of nitrogens with two attached hydrogens (primary N) is 1. The molecule has 0 aromatic carbocycles. The number of rotatable bonds is 2. The van der Waals surface area contributed by atoms with E-state index in [1.165, 1.54) is 6.20 Å². The number of hydrogen-bond donors (Lipinski definition) is 3. The van der Waals surface area contributed by atoms with Crippen LogP contribution in [0, 0.1) is 0 Å². The third-order valence-electron chi connectivity index (χ3n) is 1.30. The van der Waals surface area contributed by atoms with Crippen molar-refractivity contribution in [2.24, 2.45) is 5.73 Å². The number of anilines is 1. The van der Waals surface area contributed by atoms with E-state index >= 15 is 0 Å². The molecule has 0 unspecified atom stereocenters. The zero-order chi connectivity index (χ0) is 8.97. The van der Waals surface area contributed by atoms with Gasteiger partial charge in [-0.15, -0.1) is 0 Å². The predicted molar refractivity (Wildman–Crippen MR) is 43.8 cm³/mol. The highest BCUT2D eigenvalue weighted by Crippen LogP contribution is 2.05. The van der Waals surface area contributed by atoms with E-state index in [0.29, 0.717) is 12.4 Å². The van der Waals surface area contributed by atoms with Crippen LogP contribution in [0.15, 0.2) is 18.3 Å². The summed E-state index contributed by atoms with van der Waals surface area (Å²) in [4.78, 5) is 14.0. The Morgan fingerprint density at radius 2 is 2.50 bits per heavy atom. The normalized spacial score (nSPS) is 9.42. The third-order valence-corrected chi connectivity index (χ3v) is 1.30. The Morgan fingerprint density at radius 3 is 3.08 bits per heavy atom. The fraction of sp³-hybridized carbons (Fsp3) is 0.143. The van der Waals surface area contributed by atoms with Gasteiger partial charge in [-0.1, -0.05) is 0 Å². The molecule has 4 N–H and O–H groups in total. The molecule has 0 saturated carbocycles. The average molecular weight is 167 g/mol. The number of hydrogen-bond acceptors (Lipinski definition) is 3. The molecule has 0 aliphatic heterocycles. The lowest BCUT2D eigenvalue weighted by atomic mass is 10.2. The summed E-state index contributed by atoms with van der Waals surface area (Å²) in [6, 6.07) is 3.32. The molecule has 0 radical (unpaired) electrons. The molecule has 0 aliphatic carbocycles. The molecule has 0 fully saturated rings. The van der Waals surface area contributed by atoms with Crippen molar-refractivity contribution in [1.29, 1.82) is 0 Å². The molecule has 1 aromatic rings. The average Bonchev–Trinajstić information content (AvgIpc) is 2.03. The second-order valence-electron chi connectivity index (χ2n) is 2.18. The molecule has 12 heavy (non-hydrogen) atoms. The minimum absolute atomic E-state index is 0.297. The van der Waals surface area contributed by atoms with Crippen LogP contribution in [0.5, 0.6) is 0 Å². The topological polar surface area (TPSA) is 88.2 Å². The van der Waals surface area contributed by atoms with Crippen LogP contribution in [0.2, 0.25) is 0 Å². The summed E-state index contributed by atoms with van der Waals surface area (Å²) in [5, 5.41) is 10.5. The molecule has 0 bridgehead atoms. The Bertz CT molecular complexity index is 288. The van der Waals surface area contributed by atoms with E-state index in [4.69, 9.17) is 10.8 Å². The number of carbonyl (C=O) groups is 1. The van der Waals surface area contributed by atoms with E-state index in [1.807, 2.05) is 0 Å². The van der Waals surface area contributed by atoms with Crippen molar-refractivity contribution in [2.75, 3.05) is 5.32 Å². The van der Waals surface area contributed by atoms with E-state index in [2.05, 4.69) is 10.3 Å². The lowest BCUT2D eigenvalue weighted by Gasteiger charge is -2.00. The summed E-state index contributed by atoms with van der Waals surface area (Å²) in [6.45, 7) is 0.372. The second kappa shape index (κ2) is 3.68. The van der Waals surface area contributed by atoms with Crippen molar-refractivity contribution in [3.05, 3.63) is 23.9 Å². The lowest BCUT2D eigenvalue weighted by molar-refractivity contribution is 0.209. The highest BCUT2D eigenvalue weighted by molar-refractivity contribution is 5.81. The lowest BCUT2D eigenvalue weighted by Crippen LogP contribution is -2.09. The Morgan fingerprint density at radius 1 is 1.75 bits per heavy atom. The number of aromatic nitrogens is 1. The molecule has 0 atom stereocenters. The fourth-order valence-corrected chi connectivity index (χ4v) is 0.779. The van der Waals surface area contributed by atoms with Gasteiger partial charge in [0, 0.05) is 12.7 Å². The van der Waals surface area contributed by atoms with Gasteiger partial charge in [0.1, 0.15) is 5.82 Å². The standard InChI is InChI=1S/C7H9N3O2/c8-4-5-1-2-9-6(3-5)10-7(11)12/h1-3H,4,8H2,(H,9,10)(H,11,12). The maximum atomic E-state index is 10.2. The van der Waals surface area contributed by atoms with Gasteiger partial charge >= 0.3 is 6.09 Å². The zero-order valence-electron chi connectivity index (χ0n) is 6.32. The van der Waals surface area contributed by atoms with Gasteiger partial charge in [-0.3, -0.25) is 5.32 Å². The quantitative estimate of drug-likeness (QED) is 0.602. The Balaban J connectivity index is 2.79. The molecule has 1 heterocycles. The molecule has 1 amide bonds. The van der Waals surface area contributed by atoms with Gasteiger partial charge in [-0.05, 0) is 17.7 Å². The van der Waals surface area contributed by atoms with E-state index < -0.39 is 6.09 Å². The Hall–Kier alpha value is -1.62. The van der Waals surface area contributed by atoms with Gasteiger partial charge in [0.2, 0.25) is 0 Å². The van der Waals surface area contributed by atoms with Crippen LogP contribution in [0.25, 0.3) is 0 Å². The number of amides is 1. The summed E-state index contributed by atoms with van der Waals surface area (Å²) in [5.74, 6) is 0.297. The number of carboxylic acid groups (broad SMARTS) is 1. The van der Waals surface area contributed by atoms with Crippen molar-refractivity contribution >= 4 is 11.9 Å². The summed E-state index contributed by atoms with van der Waals surface area (Å²) < 4.78 is 0. The Labute approximate surface area is 69.2 Å². The van der Waals surface area contributed by atoms with Gasteiger partial charge < -0.3 is 10.8 Å². The van der Waals surface area contributed by atoms with Gasteiger partial charge in [0.25, 0.3) is 0 Å². The first-order valence-corrected chi connectivity index (χ1v) is 3.37. The highest BCUT2D eigenvalue weighted by atomic mass is 16.4. The third kappa shape index (κ3) is 2.21. The number of pyridine rings is 1. The number of nitrogens with zero attached hydrogens (tertiary/aromatic N) is 1. The molecule has 0 saturated heterocycles. The van der Waals surface area contributed by atoms with Crippen molar-refractivity contribution < 1.29 is 9.90 Å². The largest absolute Gasteiger partial charge is 0.465 e. The summed E-state index contributed by atoms with van der Waals surface area (Å²) in [5.41, 5.74) is 6.19. The Kier molecular flexibility index (Phi) is 2.60. The molecule has 64 valence electrons. The SMILES string of the molecule is NCc1ccnc(NC(=O)O)c1. The summed E-state index contributed by atoms with van der Waals surface area (Å²) in [7, 11) is 0. The first-order chi connectivity index (χ1) is 5.72. The van der Waals surface area contributed by atoms with E-state index in [-0.39, 0.29) is 0 Å². The van der Waals surface area contributed by atoms with Crippen LogP contribution >= 0.6 is 0 Å². The predicted octanol–water partition coefficient (Wildman–Crippen LogP) is 0.630. The van der Waals surface area contributed by atoms with Crippen LogP contribution in [0.3, 0.4) is 0 Å². The van der Waals surface area contributed by atoms with Crippen molar-refractivity contribution in [1.82, 2.24) is 4.98 Å². The van der Waals surface area contributed by atoms with Crippen LogP contribution < -0.4 is 11.1 Å². The molecule has 0 aliphatic rings. The van der Waals surface area contributed by atoms with Crippen molar-refractivity contribution in [2.45, 2.75) is 6.54 Å². The minimum atomic E-state index is -1.13. The summed E-state index contributed by atoms with van der Waals surface area (Å²) in [6.07, 6.45) is 0.379. The van der Waals surface area contributed by atoms with Gasteiger partial charge in [0.05, 0.1) is 0 Å². The highest BCUT2D eigenvalue weighted by Gasteiger charge is 1.98.